The smallest absolute Gasteiger partial charge is 0.275 e. The molecule has 3 aromatic rings. The van der Waals surface area contributed by atoms with E-state index in [1.165, 1.54) is 10.8 Å². The molecule has 1 heterocycles. The predicted octanol–water partition coefficient (Wildman–Crippen LogP) is 2.46. The van der Waals surface area contributed by atoms with Crippen LogP contribution in [0.15, 0.2) is 60.7 Å². The van der Waals surface area contributed by atoms with Crippen molar-refractivity contribution in [3.05, 3.63) is 71.8 Å². The number of nitrogens with one attached hydrogen (secondary N) is 2. The molecule has 28 heavy (non-hydrogen) atoms. The maximum atomic E-state index is 12.6. The third-order valence-corrected chi connectivity index (χ3v) is 5.07. The van der Waals surface area contributed by atoms with Gasteiger partial charge in [-0.25, -0.2) is 0 Å². The lowest BCUT2D eigenvalue weighted by atomic mass is 10.00. The van der Waals surface area contributed by atoms with E-state index < -0.39 is 0 Å². The number of benzene rings is 3. The maximum absolute atomic E-state index is 12.6. The summed E-state index contributed by atoms with van der Waals surface area (Å²) in [6.45, 7) is 3.46. The first-order valence-corrected chi connectivity index (χ1v) is 9.57. The summed E-state index contributed by atoms with van der Waals surface area (Å²) >= 11 is 0. The molecule has 0 spiro atoms. The lowest BCUT2D eigenvalue weighted by molar-refractivity contribution is -0.885. The van der Waals surface area contributed by atoms with E-state index in [-0.39, 0.29) is 18.7 Å². The molecule has 4 rings (SSSR count). The Kier molecular flexibility index (Phi) is 5.17. The van der Waals surface area contributed by atoms with Gasteiger partial charge in [-0.05, 0) is 41.5 Å². The zero-order valence-corrected chi connectivity index (χ0v) is 16.2. The van der Waals surface area contributed by atoms with Gasteiger partial charge < -0.3 is 19.7 Å². The molecule has 2 atom stereocenters. The highest BCUT2D eigenvalue weighted by atomic mass is 16.7. The van der Waals surface area contributed by atoms with Crippen LogP contribution in [0.3, 0.4) is 0 Å². The Morgan fingerprint density at radius 1 is 1.07 bits per heavy atom. The topological polar surface area (TPSA) is 52.0 Å². The quantitative estimate of drug-likeness (QED) is 0.694. The van der Waals surface area contributed by atoms with E-state index >= 15 is 0 Å². The number of amides is 1. The molecule has 0 fully saturated rings. The van der Waals surface area contributed by atoms with E-state index in [2.05, 4.69) is 29.6 Å². The number of carbonyl (C=O) groups is 1. The van der Waals surface area contributed by atoms with Crippen molar-refractivity contribution in [1.29, 1.82) is 0 Å². The van der Waals surface area contributed by atoms with Gasteiger partial charge in [0.15, 0.2) is 18.0 Å². The summed E-state index contributed by atoms with van der Waals surface area (Å²) in [5, 5.41) is 5.51. The molecule has 5 heteroatoms. The van der Waals surface area contributed by atoms with Crippen LogP contribution >= 0.6 is 0 Å². The van der Waals surface area contributed by atoms with Crippen LogP contribution in [0.1, 0.15) is 24.1 Å². The van der Waals surface area contributed by atoms with Gasteiger partial charge in [0.2, 0.25) is 6.79 Å². The van der Waals surface area contributed by atoms with Gasteiger partial charge in [0, 0.05) is 5.56 Å². The second-order valence-corrected chi connectivity index (χ2v) is 7.36. The fourth-order valence-corrected chi connectivity index (χ4v) is 3.73. The van der Waals surface area contributed by atoms with Crippen LogP contribution in [0.5, 0.6) is 11.5 Å². The molecule has 144 valence electrons. The second-order valence-electron chi connectivity index (χ2n) is 7.36. The van der Waals surface area contributed by atoms with Gasteiger partial charge in [0.25, 0.3) is 5.91 Å². The molecule has 1 unspecified atom stereocenters. The molecule has 0 saturated carbocycles. The van der Waals surface area contributed by atoms with Crippen LogP contribution in [-0.2, 0) is 11.3 Å². The van der Waals surface area contributed by atoms with Crippen molar-refractivity contribution in [2.45, 2.75) is 19.5 Å². The molecular weight excluding hydrogens is 352 g/mol. The van der Waals surface area contributed by atoms with Crippen LogP contribution in [0, 0.1) is 0 Å². The Hall–Kier alpha value is -3.05. The Labute approximate surface area is 164 Å². The third-order valence-electron chi connectivity index (χ3n) is 5.07. The van der Waals surface area contributed by atoms with Crippen molar-refractivity contribution in [2.24, 2.45) is 0 Å². The molecule has 2 N–H and O–H groups in total. The first-order valence-electron chi connectivity index (χ1n) is 9.57. The largest absolute Gasteiger partial charge is 0.454 e. The Balaban J connectivity index is 1.37. The zero-order chi connectivity index (χ0) is 19.5. The summed E-state index contributed by atoms with van der Waals surface area (Å²) < 4.78 is 10.8. The first-order chi connectivity index (χ1) is 13.6. The lowest BCUT2D eigenvalue weighted by Gasteiger charge is -2.19. The van der Waals surface area contributed by atoms with Gasteiger partial charge in [-0.15, -0.1) is 0 Å². The SMILES string of the molecule is C[C@@H](NC(=O)C[NH+](C)Cc1ccc2c(c1)OCO2)c1cccc2ccccc12. The van der Waals surface area contributed by atoms with Crippen molar-refractivity contribution >= 4 is 16.7 Å². The molecule has 1 aliphatic rings. The minimum atomic E-state index is -0.0445. The highest BCUT2D eigenvalue weighted by molar-refractivity contribution is 5.87. The van der Waals surface area contributed by atoms with Crippen molar-refractivity contribution in [2.75, 3.05) is 20.4 Å². The molecule has 0 aliphatic carbocycles. The van der Waals surface area contributed by atoms with Gasteiger partial charge >= 0.3 is 0 Å². The van der Waals surface area contributed by atoms with Crippen LogP contribution in [0.4, 0.5) is 0 Å². The molecule has 1 aliphatic heterocycles. The number of rotatable bonds is 6. The van der Waals surface area contributed by atoms with Gasteiger partial charge in [-0.1, -0.05) is 42.5 Å². The van der Waals surface area contributed by atoms with E-state index in [1.54, 1.807) is 0 Å². The molecule has 3 aromatic carbocycles. The van der Waals surface area contributed by atoms with Crippen LogP contribution in [0.25, 0.3) is 10.8 Å². The summed E-state index contributed by atoms with van der Waals surface area (Å²) in [5.74, 6) is 1.60. The van der Waals surface area contributed by atoms with E-state index in [0.29, 0.717) is 6.54 Å². The summed E-state index contributed by atoms with van der Waals surface area (Å²) in [4.78, 5) is 13.7. The fraction of sp³-hybridized carbons (Fsp3) is 0.261. The molecule has 0 saturated heterocycles. The Bertz CT molecular complexity index is 997. The van der Waals surface area contributed by atoms with Crippen LogP contribution in [-0.4, -0.2) is 26.3 Å². The third kappa shape index (κ3) is 3.94. The Morgan fingerprint density at radius 2 is 1.86 bits per heavy atom. The average molecular weight is 377 g/mol. The molecule has 0 bridgehead atoms. The number of hydrogen-bond acceptors (Lipinski definition) is 3. The molecule has 0 aromatic heterocycles. The standard InChI is InChI=1S/C23H24N2O3/c1-16(19-9-5-7-18-6-3-4-8-20(18)19)24-23(26)14-25(2)13-17-10-11-21-22(12-17)28-15-27-21/h3-12,16H,13-15H2,1-2H3,(H,24,26)/p+1/t16-/m1/s1. The van der Waals surface area contributed by atoms with Crippen molar-refractivity contribution in [3.8, 4) is 11.5 Å². The van der Waals surface area contributed by atoms with Crippen molar-refractivity contribution in [3.63, 3.8) is 0 Å². The highest BCUT2D eigenvalue weighted by Gasteiger charge is 2.18. The molecule has 5 nitrogen and oxygen atoms in total. The van der Waals surface area contributed by atoms with Crippen molar-refractivity contribution in [1.82, 2.24) is 5.32 Å². The summed E-state index contributed by atoms with van der Waals surface area (Å²) in [6, 6.07) is 20.4. The average Bonchev–Trinajstić information content (AvgIpc) is 3.15. The van der Waals surface area contributed by atoms with Crippen molar-refractivity contribution < 1.29 is 19.2 Å². The van der Waals surface area contributed by atoms with Crippen LogP contribution < -0.4 is 19.7 Å². The van der Waals surface area contributed by atoms with E-state index in [4.69, 9.17) is 9.47 Å². The predicted molar refractivity (Wildman–Crippen MR) is 109 cm³/mol. The van der Waals surface area contributed by atoms with Gasteiger partial charge in [0.05, 0.1) is 13.1 Å². The minimum Gasteiger partial charge on any atom is -0.454 e. The summed E-state index contributed by atoms with van der Waals surface area (Å²) in [7, 11) is 2.02. The summed E-state index contributed by atoms with van der Waals surface area (Å²) in [5.41, 5.74) is 2.26. The highest BCUT2D eigenvalue weighted by Crippen LogP contribution is 2.32. The first kappa shape index (κ1) is 18.3. The number of hydrogen-bond donors (Lipinski definition) is 2. The second kappa shape index (κ2) is 7.90. The van der Waals surface area contributed by atoms with E-state index in [1.807, 2.05) is 50.4 Å². The minimum absolute atomic E-state index is 0.0404. The maximum Gasteiger partial charge on any atom is 0.275 e. The number of carbonyl (C=O) groups excluding carboxylic acids is 1. The Morgan fingerprint density at radius 3 is 2.75 bits per heavy atom. The zero-order valence-electron chi connectivity index (χ0n) is 16.2. The number of quaternary nitrogens is 1. The van der Waals surface area contributed by atoms with E-state index in [9.17, 15) is 4.79 Å². The molecule has 1 amide bonds. The van der Waals surface area contributed by atoms with Gasteiger partial charge in [-0.3, -0.25) is 4.79 Å². The van der Waals surface area contributed by atoms with Gasteiger partial charge in [0.1, 0.15) is 6.54 Å². The molecular formula is C23H25N2O3+. The van der Waals surface area contributed by atoms with Gasteiger partial charge in [-0.2, -0.15) is 0 Å². The number of ether oxygens (including phenoxy) is 2. The lowest BCUT2D eigenvalue weighted by Crippen LogP contribution is -3.08. The van der Waals surface area contributed by atoms with E-state index in [0.717, 1.165) is 34.1 Å². The van der Waals surface area contributed by atoms with Crippen LogP contribution in [0.2, 0.25) is 0 Å². The number of likely N-dealkylation sites (N-methyl/N-ethyl adjacent to an activating group) is 1. The normalized spacial score (nSPS) is 14.6. The number of fused-ring (bicyclic) bond motifs is 2. The summed E-state index contributed by atoms with van der Waals surface area (Å²) in [6.07, 6.45) is 0. The fourth-order valence-electron chi connectivity index (χ4n) is 3.73. The monoisotopic (exact) mass is 377 g/mol. The molecule has 0 radical (unpaired) electrons.